The molecule has 0 aliphatic rings. The first-order valence-electron chi connectivity index (χ1n) is 4.13. The van der Waals surface area contributed by atoms with Crippen molar-refractivity contribution in [3.05, 3.63) is 18.1 Å². The van der Waals surface area contributed by atoms with E-state index >= 15 is 0 Å². The first kappa shape index (κ1) is 12.2. The van der Waals surface area contributed by atoms with Gasteiger partial charge in [-0.1, -0.05) is 0 Å². The lowest BCUT2D eigenvalue weighted by Crippen LogP contribution is -2.13. The first-order valence-corrected chi connectivity index (χ1v) is 4.13. The normalized spacial score (nSPS) is 11.2. The van der Waals surface area contributed by atoms with Gasteiger partial charge in [0.2, 0.25) is 5.88 Å². The van der Waals surface area contributed by atoms with Crippen molar-refractivity contribution in [1.82, 2.24) is 9.97 Å². The van der Waals surface area contributed by atoms with Gasteiger partial charge in [0.05, 0.1) is 25.4 Å². The van der Waals surface area contributed by atoms with E-state index in [1.54, 1.807) is 0 Å². The topological polar surface area (TPSA) is 72.3 Å². The molecule has 1 aromatic rings. The number of carboxylic acid groups (broad SMARTS) is 1. The fraction of sp³-hybridized carbons (Fsp3) is 0.375. The van der Waals surface area contributed by atoms with E-state index in [1.165, 1.54) is 0 Å². The molecule has 1 aromatic heterocycles. The zero-order valence-electron chi connectivity index (χ0n) is 7.86. The molecule has 8 heteroatoms. The second kappa shape index (κ2) is 4.77. The molecule has 0 unspecified atom stereocenters. The smallest absolute Gasteiger partial charge is 0.392 e. The highest BCUT2D eigenvalue weighted by Gasteiger charge is 2.26. The van der Waals surface area contributed by atoms with Crippen molar-refractivity contribution in [3.63, 3.8) is 0 Å². The minimum Gasteiger partial charge on any atom is -0.476 e. The minimum atomic E-state index is -4.30. The van der Waals surface area contributed by atoms with Crippen molar-refractivity contribution in [2.24, 2.45) is 0 Å². The molecule has 0 saturated carbocycles. The number of halogens is 3. The van der Waals surface area contributed by atoms with E-state index < -0.39 is 25.2 Å². The summed E-state index contributed by atoms with van der Waals surface area (Å²) in [6.45, 7) is -0.579. The summed E-state index contributed by atoms with van der Waals surface area (Å²) in [4.78, 5) is 17.3. The van der Waals surface area contributed by atoms with Crippen LogP contribution in [-0.2, 0) is 0 Å². The van der Waals surface area contributed by atoms with Gasteiger partial charge in [0, 0.05) is 0 Å². The minimum absolute atomic E-state index is 0.144. The molecule has 1 N–H and O–H groups in total. The molecule has 0 saturated heterocycles. The Hall–Kier alpha value is -1.86. The van der Waals surface area contributed by atoms with E-state index in [1.807, 2.05) is 0 Å². The van der Waals surface area contributed by atoms with Crippen LogP contribution in [0.2, 0.25) is 0 Å². The maximum absolute atomic E-state index is 11.7. The Morgan fingerprint density at radius 3 is 2.50 bits per heavy atom. The maximum Gasteiger partial charge on any atom is 0.392 e. The van der Waals surface area contributed by atoms with Crippen LogP contribution in [0.5, 0.6) is 5.88 Å². The number of hydrogen-bond donors (Lipinski definition) is 1. The summed E-state index contributed by atoms with van der Waals surface area (Å²) >= 11 is 0. The molecular formula is C8H7F3N2O3. The van der Waals surface area contributed by atoms with Gasteiger partial charge in [0.25, 0.3) is 0 Å². The van der Waals surface area contributed by atoms with Gasteiger partial charge < -0.3 is 9.84 Å². The zero-order chi connectivity index (χ0) is 12.2. The third-order valence-electron chi connectivity index (χ3n) is 1.48. The number of aromatic nitrogens is 2. The number of carbonyl (C=O) groups is 1. The average Bonchev–Trinajstić information content (AvgIpc) is 2.16. The van der Waals surface area contributed by atoms with Crippen molar-refractivity contribution >= 4 is 5.97 Å². The Balaban J connectivity index is 2.47. The second-order valence-electron chi connectivity index (χ2n) is 2.76. The monoisotopic (exact) mass is 236 g/mol. The third kappa shape index (κ3) is 4.11. The summed E-state index contributed by atoms with van der Waals surface area (Å²) in [6, 6.07) is 0. The van der Waals surface area contributed by atoms with Crippen LogP contribution < -0.4 is 4.74 Å². The summed E-state index contributed by atoms with van der Waals surface area (Å²) in [5.74, 6) is -1.41. The van der Waals surface area contributed by atoms with Gasteiger partial charge in [-0.15, -0.1) is 0 Å². The summed E-state index contributed by atoms with van der Waals surface area (Å²) in [5.41, 5.74) is -0.303. The van der Waals surface area contributed by atoms with Gasteiger partial charge in [-0.25, -0.2) is 14.8 Å². The zero-order valence-corrected chi connectivity index (χ0v) is 7.86. The van der Waals surface area contributed by atoms with Crippen LogP contribution in [0, 0.1) is 0 Å². The Morgan fingerprint density at radius 2 is 2.06 bits per heavy atom. The molecule has 0 fully saturated rings. The number of alkyl halides is 3. The highest BCUT2D eigenvalue weighted by Crippen LogP contribution is 2.19. The number of rotatable bonds is 4. The van der Waals surface area contributed by atoms with Crippen molar-refractivity contribution in [2.45, 2.75) is 12.6 Å². The average molecular weight is 236 g/mol. The lowest BCUT2D eigenvalue weighted by Gasteiger charge is -2.07. The third-order valence-corrected chi connectivity index (χ3v) is 1.48. The summed E-state index contributed by atoms with van der Waals surface area (Å²) in [7, 11) is 0. The van der Waals surface area contributed by atoms with E-state index in [-0.39, 0.29) is 11.6 Å². The van der Waals surface area contributed by atoms with Gasteiger partial charge >= 0.3 is 12.1 Å². The SMILES string of the molecule is O=C(O)c1cnc(OCCC(F)(F)F)cn1. The van der Waals surface area contributed by atoms with Crippen LogP contribution >= 0.6 is 0 Å². The summed E-state index contributed by atoms with van der Waals surface area (Å²) in [5, 5.41) is 8.47. The van der Waals surface area contributed by atoms with E-state index in [0.29, 0.717) is 0 Å². The number of ether oxygens (including phenoxy) is 1. The molecule has 5 nitrogen and oxygen atoms in total. The second-order valence-corrected chi connectivity index (χ2v) is 2.76. The molecule has 0 spiro atoms. The molecular weight excluding hydrogens is 229 g/mol. The largest absolute Gasteiger partial charge is 0.476 e. The van der Waals surface area contributed by atoms with E-state index in [0.717, 1.165) is 12.4 Å². The fourth-order valence-electron chi connectivity index (χ4n) is 0.772. The first-order chi connectivity index (χ1) is 7.38. The fourth-order valence-corrected chi connectivity index (χ4v) is 0.772. The van der Waals surface area contributed by atoms with Crippen LogP contribution in [0.3, 0.4) is 0 Å². The summed E-state index contributed by atoms with van der Waals surface area (Å²) < 4.78 is 39.8. The lowest BCUT2D eigenvalue weighted by molar-refractivity contribution is -0.139. The van der Waals surface area contributed by atoms with Crippen molar-refractivity contribution in [3.8, 4) is 5.88 Å². The molecule has 0 aliphatic heterocycles. The van der Waals surface area contributed by atoms with Crippen molar-refractivity contribution in [2.75, 3.05) is 6.61 Å². The van der Waals surface area contributed by atoms with Crippen molar-refractivity contribution < 1.29 is 27.8 Å². The van der Waals surface area contributed by atoms with E-state index in [2.05, 4.69) is 14.7 Å². The van der Waals surface area contributed by atoms with Gasteiger partial charge in [-0.2, -0.15) is 13.2 Å². The van der Waals surface area contributed by atoms with Crippen molar-refractivity contribution in [1.29, 1.82) is 0 Å². The highest BCUT2D eigenvalue weighted by atomic mass is 19.4. The number of nitrogens with zero attached hydrogens (tertiary/aromatic N) is 2. The predicted octanol–water partition coefficient (Wildman–Crippen LogP) is 1.51. The van der Waals surface area contributed by atoms with Gasteiger partial charge in [-0.05, 0) is 0 Å². The van der Waals surface area contributed by atoms with E-state index in [4.69, 9.17) is 5.11 Å². The molecule has 0 aromatic carbocycles. The quantitative estimate of drug-likeness (QED) is 0.857. The standard InChI is InChI=1S/C8H7F3N2O3/c9-8(10,11)1-2-16-6-4-12-5(3-13-6)7(14)15/h3-4H,1-2H2,(H,14,15). The molecule has 0 aliphatic carbocycles. The molecule has 1 heterocycles. The summed E-state index contributed by atoms with van der Waals surface area (Å²) in [6.07, 6.45) is -3.53. The molecule has 0 amide bonds. The maximum atomic E-state index is 11.7. The molecule has 16 heavy (non-hydrogen) atoms. The van der Waals surface area contributed by atoms with Crippen LogP contribution in [0.1, 0.15) is 16.9 Å². The Morgan fingerprint density at radius 1 is 1.38 bits per heavy atom. The number of aromatic carboxylic acids is 1. The highest BCUT2D eigenvalue weighted by molar-refractivity contribution is 5.84. The Labute approximate surface area is 87.9 Å². The number of carboxylic acids is 1. The van der Waals surface area contributed by atoms with Gasteiger partial charge in [-0.3, -0.25) is 0 Å². The van der Waals surface area contributed by atoms with Gasteiger partial charge in [0.1, 0.15) is 0 Å². The van der Waals surface area contributed by atoms with Gasteiger partial charge in [0.15, 0.2) is 5.69 Å². The van der Waals surface area contributed by atoms with Crippen LogP contribution in [0.4, 0.5) is 13.2 Å². The Bertz CT molecular complexity index is 364. The molecule has 1 rings (SSSR count). The molecule has 88 valence electrons. The molecule has 0 radical (unpaired) electrons. The van der Waals surface area contributed by atoms with E-state index in [9.17, 15) is 18.0 Å². The predicted molar refractivity (Wildman–Crippen MR) is 45.2 cm³/mol. The lowest BCUT2D eigenvalue weighted by atomic mass is 10.4. The van der Waals surface area contributed by atoms with Crippen LogP contribution in [0.15, 0.2) is 12.4 Å². The molecule has 0 bridgehead atoms. The van der Waals surface area contributed by atoms with Crippen LogP contribution in [0.25, 0.3) is 0 Å². The van der Waals surface area contributed by atoms with Crippen LogP contribution in [-0.4, -0.2) is 33.8 Å². The number of hydrogen-bond acceptors (Lipinski definition) is 4. The molecule has 0 atom stereocenters. The Kier molecular flexibility index (Phi) is 3.64.